The second kappa shape index (κ2) is 6.59. The van der Waals surface area contributed by atoms with Gasteiger partial charge in [0.25, 0.3) is 0 Å². The third kappa shape index (κ3) is 3.15. The van der Waals surface area contributed by atoms with Crippen LogP contribution in [-0.4, -0.2) is 25.6 Å². The van der Waals surface area contributed by atoms with Crippen LogP contribution in [0.4, 0.5) is 0 Å². The molecule has 0 unspecified atom stereocenters. The molecule has 22 heavy (non-hydrogen) atoms. The molecule has 1 amide bonds. The van der Waals surface area contributed by atoms with Crippen molar-refractivity contribution in [2.24, 2.45) is 5.92 Å². The number of sulfone groups is 1. The molecule has 0 radical (unpaired) electrons. The summed E-state index contributed by atoms with van der Waals surface area (Å²) in [5, 5.41) is 3.28. The van der Waals surface area contributed by atoms with Gasteiger partial charge >= 0.3 is 0 Å². The van der Waals surface area contributed by atoms with Crippen molar-refractivity contribution in [2.45, 2.75) is 49.2 Å². The van der Waals surface area contributed by atoms with Crippen molar-refractivity contribution in [1.29, 1.82) is 0 Å². The van der Waals surface area contributed by atoms with E-state index in [2.05, 4.69) is 5.32 Å². The SMILES string of the molecule is CC(C)CNC(=O)C1(S(=O)(=O)c2ccc(Cl)cc2)CCCC1. The van der Waals surface area contributed by atoms with Gasteiger partial charge in [-0.05, 0) is 43.0 Å². The van der Waals surface area contributed by atoms with Crippen LogP contribution in [0.2, 0.25) is 5.02 Å². The Morgan fingerprint density at radius 3 is 2.27 bits per heavy atom. The van der Waals surface area contributed by atoms with Crippen LogP contribution in [0.25, 0.3) is 0 Å². The van der Waals surface area contributed by atoms with Crippen molar-refractivity contribution < 1.29 is 13.2 Å². The van der Waals surface area contributed by atoms with E-state index in [-0.39, 0.29) is 16.7 Å². The molecule has 0 aliphatic heterocycles. The molecule has 2 rings (SSSR count). The summed E-state index contributed by atoms with van der Waals surface area (Å²) in [5.74, 6) is -0.0886. The van der Waals surface area contributed by atoms with Crippen LogP contribution in [0.5, 0.6) is 0 Å². The zero-order valence-electron chi connectivity index (χ0n) is 12.9. The van der Waals surface area contributed by atoms with E-state index in [4.69, 9.17) is 11.6 Å². The third-order valence-corrected chi connectivity index (χ3v) is 6.90. The maximum absolute atomic E-state index is 13.0. The molecule has 1 aromatic rings. The van der Waals surface area contributed by atoms with Crippen molar-refractivity contribution in [2.75, 3.05) is 6.54 Å². The van der Waals surface area contributed by atoms with Gasteiger partial charge in [0.05, 0.1) is 4.90 Å². The van der Waals surface area contributed by atoms with Crippen LogP contribution in [0.3, 0.4) is 0 Å². The molecule has 1 aliphatic rings. The van der Waals surface area contributed by atoms with Crippen molar-refractivity contribution in [1.82, 2.24) is 5.32 Å². The number of hydrogen-bond acceptors (Lipinski definition) is 3. The first-order valence-electron chi connectivity index (χ1n) is 7.58. The maximum atomic E-state index is 13.0. The molecule has 1 saturated carbocycles. The summed E-state index contributed by atoms with van der Waals surface area (Å²) < 4.78 is 24.8. The highest BCUT2D eigenvalue weighted by atomic mass is 35.5. The molecule has 1 N–H and O–H groups in total. The highest BCUT2D eigenvalue weighted by molar-refractivity contribution is 7.93. The molecule has 1 aliphatic carbocycles. The van der Waals surface area contributed by atoms with Gasteiger partial charge in [-0.2, -0.15) is 0 Å². The normalized spacial score (nSPS) is 17.6. The molecular weight excluding hydrogens is 322 g/mol. The Bertz CT molecular complexity index is 632. The first-order valence-corrected chi connectivity index (χ1v) is 9.44. The lowest BCUT2D eigenvalue weighted by Gasteiger charge is -2.28. The van der Waals surface area contributed by atoms with E-state index in [1.807, 2.05) is 13.8 Å². The number of hydrogen-bond donors (Lipinski definition) is 1. The fourth-order valence-corrected chi connectivity index (χ4v) is 5.08. The standard InChI is InChI=1S/C16H22ClNO3S/c1-12(2)11-18-15(19)16(9-3-4-10-16)22(20,21)14-7-5-13(17)6-8-14/h5-8,12H,3-4,9-11H2,1-2H3,(H,18,19). The van der Waals surface area contributed by atoms with E-state index in [1.165, 1.54) is 12.1 Å². The summed E-state index contributed by atoms with van der Waals surface area (Å²) in [4.78, 5) is 12.8. The number of rotatable bonds is 5. The van der Waals surface area contributed by atoms with Gasteiger partial charge in [0.2, 0.25) is 5.91 Å². The van der Waals surface area contributed by atoms with Gasteiger partial charge in [-0.1, -0.05) is 38.3 Å². The maximum Gasteiger partial charge on any atom is 0.241 e. The summed E-state index contributed by atoms with van der Waals surface area (Å²) in [6, 6.07) is 6.05. The van der Waals surface area contributed by atoms with Gasteiger partial charge in [-0.25, -0.2) is 8.42 Å². The molecule has 0 atom stereocenters. The number of carbonyl (C=O) groups is 1. The summed E-state index contributed by atoms with van der Waals surface area (Å²) in [6.07, 6.45) is 2.26. The minimum atomic E-state index is -3.73. The molecule has 1 aromatic carbocycles. The van der Waals surface area contributed by atoms with Crippen LogP contribution in [-0.2, 0) is 14.6 Å². The van der Waals surface area contributed by atoms with E-state index in [9.17, 15) is 13.2 Å². The summed E-state index contributed by atoms with van der Waals surface area (Å²) in [7, 11) is -3.73. The van der Waals surface area contributed by atoms with E-state index in [0.717, 1.165) is 12.8 Å². The minimum absolute atomic E-state index is 0.165. The first-order chi connectivity index (χ1) is 10.3. The van der Waals surface area contributed by atoms with Crippen molar-refractivity contribution in [3.63, 3.8) is 0 Å². The Hall–Kier alpha value is -1.07. The Kier molecular flexibility index (Phi) is 5.17. The predicted octanol–water partition coefficient (Wildman–Crippen LogP) is 3.20. The molecule has 0 aromatic heterocycles. The number of halogens is 1. The van der Waals surface area contributed by atoms with Crippen LogP contribution in [0.1, 0.15) is 39.5 Å². The Labute approximate surface area is 137 Å². The first kappa shape index (κ1) is 17.3. The highest BCUT2D eigenvalue weighted by Gasteiger charge is 2.52. The predicted molar refractivity (Wildman–Crippen MR) is 87.7 cm³/mol. The number of benzene rings is 1. The number of nitrogens with one attached hydrogen (secondary N) is 1. The molecule has 0 bridgehead atoms. The zero-order valence-corrected chi connectivity index (χ0v) is 14.5. The van der Waals surface area contributed by atoms with Gasteiger partial charge in [-0.15, -0.1) is 0 Å². The van der Waals surface area contributed by atoms with Crippen LogP contribution < -0.4 is 5.32 Å². The Morgan fingerprint density at radius 2 is 1.77 bits per heavy atom. The lowest BCUT2D eigenvalue weighted by atomic mass is 10.1. The fraction of sp³-hybridized carbons (Fsp3) is 0.562. The van der Waals surface area contributed by atoms with Gasteiger partial charge in [0.1, 0.15) is 0 Å². The molecule has 0 heterocycles. The van der Waals surface area contributed by atoms with E-state index >= 15 is 0 Å². The van der Waals surface area contributed by atoms with E-state index in [1.54, 1.807) is 12.1 Å². The molecule has 6 heteroatoms. The topological polar surface area (TPSA) is 63.2 Å². The summed E-state index contributed by atoms with van der Waals surface area (Å²) in [6.45, 7) is 4.45. The van der Waals surface area contributed by atoms with Gasteiger partial charge in [0.15, 0.2) is 14.6 Å². The Morgan fingerprint density at radius 1 is 1.23 bits per heavy atom. The smallest absolute Gasteiger partial charge is 0.241 e. The molecule has 1 fully saturated rings. The highest BCUT2D eigenvalue weighted by Crippen LogP contribution is 2.41. The molecule has 4 nitrogen and oxygen atoms in total. The monoisotopic (exact) mass is 343 g/mol. The largest absolute Gasteiger partial charge is 0.354 e. The minimum Gasteiger partial charge on any atom is -0.354 e. The van der Waals surface area contributed by atoms with Crippen LogP contribution >= 0.6 is 11.6 Å². The van der Waals surface area contributed by atoms with Crippen LogP contribution in [0.15, 0.2) is 29.2 Å². The molecular formula is C16H22ClNO3S. The van der Waals surface area contributed by atoms with Gasteiger partial charge in [0, 0.05) is 11.6 Å². The average Bonchev–Trinajstić information content (AvgIpc) is 2.96. The van der Waals surface area contributed by atoms with Gasteiger partial charge < -0.3 is 5.32 Å². The van der Waals surface area contributed by atoms with Gasteiger partial charge in [-0.3, -0.25) is 4.79 Å². The van der Waals surface area contributed by atoms with Crippen molar-refractivity contribution in [3.05, 3.63) is 29.3 Å². The van der Waals surface area contributed by atoms with Crippen molar-refractivity contribution in [3.8, 4) is 0 Å². The quantitative estimate of drug-likeness (QED) is 0.893. The molecule has 0 spiro atoms. The molecule has 0 saturated heterocycles. The van der Waals surface area contributed by atoms with E-state index < -0.39 is 14.6 Å². The number of carbonyl (C=O) groups excluding carboxylic acids is 1. The molecule has 122 valence electrons. The summed E-state index contributed by atoms with van der Waals surface area (Å²) in [5.41, 5.74) is 0. The lowest BCUT2D eigenvalue weighted by molar-refractivity contribution is -0.123. The Balaban J connectivity index is 2.37. The lowest BCUT2D eigenvalue weighted by Crippen LogP contribution is -2.51. The second-order valence-electron chi connectivity index (χ2n) is 6.26. The van der Waals surface area contributed by atoms with E-state index in [0.29, 0.717) is 24.4 Å². The average molecular weight is 344 g/mol. The summed E-state index contributed by atoms with van der Waals surface area (Å²) >= 11 is 5.83. The fourth-order valence-electron chi connectivity index (χ4n) is 2.86. The zero-order chi connectivity index (χ0) is 16.4. The van der Waals surface area contributed by atoms with Crippen LogP contribution in [0, 0.1) is 5.92 Å². The third-order valence-electron chi connectivity index (χ3n) is 4.13. The second-order valence-corrected chi connectivity index (χ2v) is 8.96. The number of amides is 1. The van der Waals surface area contributed by atoms with Crippen molar-refractivity contribution >= 4 is 27.3 Å².